The van der Waals surface area contributed by atoms with E-state index in [0.717, 1.165) is 24.4 Å². The highest BCUT2D eigenvalue weighted by molar-refractivity contribution is 5.92. The molecule has 4 rings (SSSR count). The molecule has 0 radical (unpaired) electrons. The van der Waals surface area contributed by atoms with Crippen molar-refractivity contribution in [3.63, 3.8) is 0 Å². The normalized spacial score (nSPS) is 16.8. The Morgan fingerprint density at radius 3 is 2.48 bits per heavy atom. The molecule has 2 N–H and O–H groups in total. The summed E-state index contributed by atoms with van der Waals surface area (Å²) in [5, 5.41) is 4.38. The Morgan fingerprint density at radius 2 is 1.84 bits per heavy atom. The van der Waals surface area contributed by atoms with Gasteiger partial charge in [0.1, 0.15) is 11.5 Å². The van der Waals surface area contributed by atoms with Gasteiger partial charge in [0.15, 0.2) is 0 Å². The third-order valence-corrected chi connectivity index (χ3v) is 5.30. The lowest BCUT2D eigenvalue weighted by Crippen LogP contribution is -2.39. The standard InChI is InChI=1S/C23H26N4O4/c1-26-14-20(23(25-26)29-2)21-15-30-12-11-27(21)13-16-3-7-18(8-4-16)31-19-9-5-17(6-10-19)22(24)28/h3-10,14,21H,11-13,15H2,1-2H3,(H2,24,28). The Kier molecular flexibility index (Phi) is 6.20. The molecule has 3 aromatic rings. The highest BCUT2D eigenvalue weighted by Gasteiger charge is 2.29. The van der Waals surface area contributed by atoms with Crippen molar-refractivity contribution in [2.45, 2.75) is 12.6 Å². The lowest BCUT2D eigenvalue weighted by molar-refractivity contribution is -0.0135. The second-order valence-corrected chi connectivity index (χ2v) is 7.46. The van der Waals surface area contributed by atoms with Gasteiger partial charge in [-0.05, 0) is 42.0 Å². The monoisotopic (exact) mass is 422 g/mol. The van der Waals surface area contributed by atoms with Crippen LogP contribution in [0.25, 0.3) is 0 Å². The zero-order valence-electron chi connectivity index (χ0n) is 17.7. The first-order valence-corrected chi connectivity index (χ1v) is 10.1. The third-order valence-electron chi connectivity index (χ3n) is 5.30. The van der Waals surface area contributed by atoms with Crippen LogP contribution in [0.5, 0.6) is 17.4 Å². The zero-order chi connectivity index (χ0) is 21.8. The number of benzene rings is 2. The van der Waals surface area contributed by atoms with E-state index in [0.29, 0.717) is 30.4 Å². The minimum Gasteiger partial charge on any atom is -0.480 e. The highest BCUT2D eigenvalue weighted by Crippen LogP contribution is 2.32. The number of aromatic nitrogens is 2. The molecule has 162 valence electrons. The summed E-state index contributed by atoms with van der Waals surface area (Å²) >= 11 is 0. The average Bonchev–Trinajstić information content (AvgIpc) is 3.16. The molecule has 31 heavy (non-hydrogen) atoms. The number of carbonyl (C=O) groups excluding carboxylic acids is 1. The molecule has 1 aliphatic rings. The van der Waals surface area contributed by atoms with Gasteiger partial charge in [-0.2, -0.15) is 0 Å². The number of methoxy groups -OCH3 is 1. The first-order chi connectivity index (χ1) is 15.0. The summed E-state index contributed by atoms with van der Waals surface area (Å²) in [5.74, 6) is 1.55. The number of morpholine rings is 1. The van der Waals surface area contributed by atoms with Crippen molar-refractivity contribution in [3.05, 3.63) is 71.4 Å². The first-order valence-electron chi connectivity index (χ1n) is 10.1. The number of carbonyl (C=O) groups is 1. The quantitative estimate of drug-likeness (QED) is 0.630. The van der Waals surface area contributed by atoms with E-state index in [4.69, 9.17) is 19.9 Å². The summed E-state index contributed by atoms with van der Waals surface area (Å²) in [5.41, 5.74) is 7.93. The molecule has 0 aliphatic carbocycles. The molecule has 1 aliphatic heterocycles. The molecule has 1 saturated heterocycles. The molecule has 1 fully saturated rings. The van der Waals surface area contributed by atoms with E-state index in [2.05, 4.69) is 22.1 Å². The number of hydrogen-bond donors (Lipinski definition) is 1. The number of aryl methyl sites for hydroxylation is 1. The fraction of sp³-hybridized carbons (Fsp3) is 0.304. The van der Waals surface area contributed by atoms with E-state index in [-0.39, 0.29) is 6.04 Å². The summed E-state index contributed by atoms with van der Waals surface area (Å²) in [4.78, 5) is 13.6. The number of nitrogens with zero attached hydrogens (tertiary/aromatic N) is 3. The van der Waals surface area contributed by atoms with Crippen LogP contribution in [0.4, 0.5) is 0 Å². The SMILES string of the molecule is COc1nn(C)cc1C1COCCN1Cc1ccc(Oc2ccc(C(N)=O)cc2)cc1. The largest absolute Gasteiger partial charge is 0.480 e. The molecule has 0 bridgehead atoms. The highest BCUT2D eigenvalue weighted by atomic mass is 16.5. The molecule has 0 spiro atoms. The Hall–Kier alpha value is -3.36. The zero-order valence-corrected chi connectivity index (χ0v) is 17.7. The molecule has 1 unspecified atom stereocenters. The van der Waals surface area contributed by atoms with E-state index in [1.165, 1.54) is 5.56 Å². The molecular formula is C23H26N4O4. The Bertz CT molecular complexity index is 1030. The lowest BCUT2D eigenvalue weighted by Gasteiger charge is -2.35. The number of ether oxygens (including phenoxy) is 3. The van der Waals surface area contributed by atoms with Crippen LogP contribution in [0.1, 0.15) is 27.5 Å². The maximum atomic E-state index is 11.2. The van der Waals surface area contributed by atoms with Gasteiger partial charge in [0, 0.05) is 31.9 Å². The maximum absolute atomic E-state index is 11.2. The molecule has 8 nitrogen and oxygen atoms in total. The number of rotatable bonds is 7. The fourth-order valence-electron chi connectivity index (χ4n) is 3.71. The van der Waals surface area contributed by atoms with Crippen LogP contribution in [0.2, 0.25) is 0 Å². The summed E-state index contributed by atoms with van der Waals surface area (Å²) in [7, 11) is 3.53. The van der Waals surface area contributed by atoms with Crippen molar-refractivity contribution >= 4 is 5.91 Å². The van der Waals surface area contributed by atoms with Crippen LogP contribution in [-0.4, -0.2) is 47.5 Å². The predicted molar refractivity (Wildman–Crippen MR) is 115 cm³/mol. The second-order valence-electron chi connectivity index (χ2n) is 7.46. The average molecular weight is 422 g/mol. The van der Waals surface area contributed by atoms with E-state index < -0.39 is 5.91 Å². The van der Waals surface area contributed by atoms with Crippen molar-refractivity contribution in [2.75, 3.05) is 26.9 Å². The van der Waals surface area contributed by atoms with Crippen LogP contribution in [0.15, 0.2) is 54.7 Å². The van der Waals surface area contributed by atoms with Gasteiger partial charge in [0.2, 0.25) is 11.8 Å². The smallest absolute Gasteiger partial charge is 0.248 e. The summed E-state index contributed by atoms with van der Waals surface area (Å²) in [6.07, 6.45) is 1.99. The van der Waals surface area contributed by atoms with Crippen LogP contribution in [-0.2, 0) is 18.3 Å². The first kappa shape index (κ1) is 20.9. The van der Waals surface area contributed by atoms with Crippen LogP contribution < -0.4 is 15.2 Å². The maximum Gasteiger partial charge on any atom is 0.248 e. The van der Waals surface area contributed by atoms with Gasteiger partial charge < -0.3 is 19.9 Å². The van der Waals surface area contributed by atoms with Crippen LogP contribution in [0.3, 0.4) is 0 Å². The molecule has 1 atom stereocenters. The fourth-order valence-corrected chi connectivity index (χ4v) is 3.71. The lowest BCUT2D eigenvalue weighted by atomic mass is 10.1. The van der Waals surface area contributed by atoms with Crippen molar-refractivity contribution in [2.24, 2.45) is 12.8 Å². The van der Waals surface area contributed by atoms with E-state index >= 15 is 0 Å². The van der Waals surface area contributed by atoms with Gasteiger partial charge in [0.05, 0.1) is 31.9 Å². The van der Waals surface area contributed by atoms with Gasteiger partial charge in [-0.15, -0.1) is 5.10 Å². The molecule has 2 aromatic carbocycles. The van der Waals surface area contributed by atoms with E-state index in [9.17, 15) is 4.79 Å². The van der Waals surface area contributed by atoms with Gasteiger partial charge >= 0.3 is 0 Å². The summed E-state index contributed by atoms with van der Waals surface area (Å²) in [6.45, 7) is 2.90. The number of nitrogens with two attached hydrogens (primary N) is 1. The van der Waals surface area contributed by atoms with Crippen LogP contribution in [0, 0.1) is 0 Å². The minimum atomic E-state index is -0.457. The Labute approximate surface area is 181 Å². The summed E-state index contributed by atoms with van der Waals surface area (Å²) < 4.78 is 18.8. The Balaban J connectivity index is 1.44. The van der Waals surface area contributed by atoms with Gasteiger partial charge in [0.25, 0.3) is 0 Å². The number of primary amides is 1. The van der Waals surface area contributed by atoms with Gasteiger partial charge in [-0.3, -0.25) is 14.4 Å². The minimum absolute atomic E-state index is 0.0806. The van der Waals surface area contributed by atoms with Gasteiger partial charge in [-0.25, -0.2) is 0 Å². The third kappa shape index (κ3) is 4.87. The molecule has 2 heterocycles. The van der Waals surface area contributed by atoms with Crippen LogP contribution >= 0.6 is 0 Å². The predicted octanol–water partition coefficient (Wildman–Crippen LogP) is 2.89. The number of hydrogen-bond acceptors (Lipinski definition) is 6. The van der Waals surface area contributed by atoms with Crippen molar-refractivity contribution in [1.29, 1.82) is 0 Å². The van der Waals surface area contributed by atoms with E-state index in [1.807, 2.05) is 25.4 Å². The van der Waals surface area contributed by atoms with Crippen molar-refractivity contribution < 1.29 is 19.0 Å². The van der Waals surface area contributed by atoms with Crippen molar-refractivity contribution in [3.8, 4) is 17.4 Å². The second kappa shape index (κ2) is 9.20. The summed E-state index contributed by atoms with van der Waals surface area (Å²) in [6, 6.07) is 14.8. The van der Waals surface area contributed by atoms with E-state index in [1.54, 1.807) is 36.1 Å². The molecule has 8 heteroatoms. The Morgan fingerprint density at radius 1 is 1.16 bits per heavy atom. The molecular weight excluding hydrogens is 396 g/mol. The van der Waals surface area contributed by atoms with Crippen molar-refractivity contribution in [1.82, 2.24) is 14.7 Å². The number of amides is 1. The topological polar surface area (TPSA) is 91.8 Å². The molecule has 1 amide bonds. The van der Waals surface area contributed by atoms with Gasteiger partial charge in [-0.1, -0.05) is 12.1 Å². The molecule has 1 aromatic heterocycles. The molecule has 0 saturated carbocycles.